The molecule has 4 nitrogen and oxygen atoms in total. The topological polar surface area (TPSA) is 44.8 Å². The predicted molar refractivity (Wildman–Crippen MR) is 64.2 cm³/mol. The lowest BCUT2D eigenvalue weighted by Crippen LogP contribution is -2.23. The van der Waals surface area contributed by atoms with Gasteiger partial charge in [0.1, 0.15) is 0 Å². The average molecular weight is 234 g/mol. The highest BCUT2D eigenvalue weighted by Crippen LogP contribution is 2.14. The quantitative estimate of drug-likeness (QED) is 0.544. The molecule has 0 atom stereocenters. The summed E-state index contributed by atoms with van der Waals surface area (Å²) in [5.41, 5.74) is -0.390. The molecule has 0 fully saturated rings. The van der Waals surface area contributed by atoms with Crippen molar-refractivity contribution in [2.45, 2.75) is 47.1 Å². The van der Waals surface area contributed by atoms with Crippen LogP contribution in [0, 0.1) is 5.41 Å². The van der Waals surface area contributed by atoms with Gasteiger partial charge in [-0.3, -0.25) is 4.79 Å². The molecule has 0 aromatic carbocycles. The van der Waals surface area contributed by atoms with Crippen LogP contribution in [0.5, 0.6) is 0 Å². The van der Waals surface area contributed by atoms with E-state index in [0.29, 0.717) is 0 Å². The minimum atomic E-state index is -0.432. The largest absolute Gasteiger partial charge is 0.438 e. The fourth-order valence-electron chi connectivity index (χ4n) is 0.329. The van der Waals surface area contributed by atoms with Crippen molar-refractivity contribution in [2.75, 3.05) is 21.0 Å². The number of esters is 1. The molecule has 0 aliphatic heterocycles. The maximum atomic E-state index is 10.9. The highest BCUT2D eigenvalue weighted by Gasteiger charge is 2.22. The molecule has 98 valence electrons. The molecule has 0 radical (unpaired) electrons. The molecule has 0 aromatic rings. The molecule has 0 spiro atoms. The second-order valence-corrected chi connectivity index (χ2v) is 5.40. The minimum absolute atomic E-state index is 0.0378. The third kappa shape index (κ3) is 13.4. The molecule has 0 saturated heterocycles. The fraction of sp³-hybridized carbons (Fsp3) is 0.917. The van der Waals surface area contributed by atoms with Crippen molar-refractivity contribution in [2.24, 2.45) is 5.41 Å². The Morgan fingerprint density at radius 1 is 1.00 bits per heavy atom. The summed E-state index contributed by atoms with van der Waals surface area (Å²) in [4.78, 5) is 10.9. The smallest absolute Gasteiger partial charge is 0.313 e. The van der Waals surface area contributed by atoms with Gasteiger partial charge in [-0.05, 0) is 41.5 Å². The predicted octanol–water partition coefficient (Wildman–Crippen LogP) is 2.61. The molecule has 0 rings (SSSR count). The summed E-state index contributed by atoms with van der Waals surface area (Å²) >= 11 is 0. The average Bonchev–Trinajstić information content (AvgIpc) is 2.12. The highest BCUT2D eigenvalue weighted by molar-refractivity contribution is 5.75. The van der Waals surface area contributed by atoms with Crippen LogP contribution in [-0.2, 0) is 19.0 Å². The second kappa shape index (κ2) is 7.63. The molecule has 16 heavy (non-hydrogen) atoms. The maximum absolute atomic E-state index is 10.9. The van der Waals surface area contributed by atoms with E-state index in [0.717, 1.165) is 0 Å². The van der Waals surface area contributed by atoms with Gasteiger partial charge < -0.3 is 14.2 Å². The molecule has 0 aromatic heterocycles. The summed E-state index contributed by atoms with van der Waals surface area (Å²) in [5.74, 6) is -0.241. The van der Waals surface area contributed by atoms with Crippen LogP contribution in [-0.4, -0.2) is 32.6 Å². The van der Waals surface area contributed by atoms with Gasteiger partial charge in [-0.15, -0.1) is 0 Å². The number of ether oxygens (including phenoxy) is 3. The van der Waals surface area contributed by atoms with Crippen LogP contribution < -0.4 is 0 Å². The third-order valence-electron chi connectivity index (χ3n) is 1.53. The molecule has 0 unspecified atom stereocenters. The summed E-state index contributed by atoms with van der Waals surface area (Å²) < 4.78 is 14.2. The molecule has 0 aliphatic rings. The first-order valence-electron chi connectivity index (χ1n) is 5.26. The van der Waals surface area contributed by atoms with E-state index in [-0.39, 0.29) is 18.4 Å². The normalized spacial score (nSPS) is 11.5. The van der Waals surface area contributed by atoms with Crippen LogP contribution in [0.3, 0.4) is 0 Å². The van der Waals surface area contributed by atoms with Crippen molar-refractivity contribution in [1.82, 2.24) is 0 Å². The Labute approximate surface area is 99.3 Å². The van der Waals surface area contributed by atoms with E-state index in [1.165, 1.54) is 7.11 Å². The fourth-order valence-corrected chi connectivity index (χ4v) is 0.329. The third-order valence-corrected chi connectivity index (χ3v) is 1.53. The number of methoxy groups -OCH3 is 2. The van der Waals surface area contributed by atoms with Crippen LogP contribution in [0.4, 0.5) is 0 Å². The second-order valence-electron chi connectivity index (χ2n) is 5.40. The van der Waals surface area contributed by atoms with E-state index in [1.807, 2.05) is 20.8 Å². The molecule has 0 bridgehead atoms. The lowest BCUT2D eigenvalue weighted by Gasteiger charge is -2.15. The van der Waals surface area contributed by atoms with E-state index < -0.39 is 5.41 Å². The molecular formula is C12H26O4. The summed E-state index contributed by atoms with van der Waals surface area (Å²) in [6, 6.07) is 0. The van der Waals surface area contributed by atoms with Gasteiger partial charge in [-0.25, -0.2) is 0 Å². The molecule has 0 saturated carbocycles. The zero-order chi connectivity index (χ0) is 13.4. The highest BCUT2D eigenvalue weighted by atomic mass is 16.7. The standard InChI is InChI=1S/C7H14O3.C5H12O/c1-7(2,3)6(8)10-5-9-4;1-5(2,3)6-4/h5H2,1-4H3;1-4H3. The van der Waals surface area contributed by atoms with Crippen LogP contribution in [0.25, 0.3) is 0 Å². The zero-order valence-electron chi connectivity index (χ0n) is 11.8. The Balaban J connectivity index is 0. The van der Waals surface area contributed by atoms with Gasteiger partial charge in [0.15, 0.2) is 6.79 Å². The Morgan fingerprint density at radius 2 is 1.38 bits per heavy atom. The van der Waals surface area contributed by atoms with E-state index in [4.69, 9.17) is 9.47 Å². The van der Waals surface area contributed by atoms with Gasteiger partial charge in [0.25, 0.3) is 0 Å². The number of hydrogen-bond acceptors (Lipinski definition) is 4. The molecule has 0 heterocycles. The first-order valence-corrected chi connectivity index (χ1v) is 5.26. The molecular weight excluding hydrogens is 208 g/mol. The van der Waals surface area contributed by atoms with Gasteiger partial charge in [0.05, 0.1) is 11.0 Å². The Bertz CT molecular complexity index is 186. The summed E-state index contributed by atoms with van der Waals surface area (Å²) in [6.45, 7) is 11.5. The number of hydrogen-bond donors (Lipinski definition) is 0. The van der Waals surface area contributed by atoms with Crippen molar-refractivity contribution >= 4 is 5.97 Å². The maximum Gasteiger partial charge on any atom is 0.313 e. The van der Waals surface area contributed by atoms with Gasteiger partial charge in [0, 0.05) is 14.2 Å². The van der Waals surface area contributed by atoms with E-state index in [1.54, 1.807) is 27.9 Å². The summed E-state index contributed by atoms with van der Waals surface area (Å²) in [6.07, 6.45) is 0. The van der Waals surface area contributed by atoms with Crippen LogP contribution in [0.15, 0.2) is 0 Å². The first-order chi connectivity index (χ1) is 7.04. The Kier molecular flexibility index (Phi) is 8.47. The van der Waals surface area contributed by atoms with Gasteiger partial charge in [-0.2, -0.15) is 0 Å². The lowest BCUT2D eigenvalue weighted by molar-refractivity contribution is -0.163. The van der Waals surface area contributed by atoms with E-state index >= 15 is 0 Å². The van der Waals surface area contributed by atoms with E-state index in [9.17, 15) is 4.79 Å². The van der Waals surface area contributed by atoms with Crippen molar-refractivity contribution in [3.8, 4) is 0 Å². The number of rotatable bonds is 2. The van der Waals surface area contributed by atoms with Crippen LogP contribution in [0.2, 0.25) is 0 Å². The molecule has 4 heteroatoms. The first kappa shape index (κ1) is 17.8. The van der Waals surface area contributed by atoms with Crippen molar-refractivity contribution in [1.29, 1.82) is 0 Å². The van der Waals surface area contributed by atoms with Crippen LogP contribution >= 0.6 is 0 Å². The van der Waals surface area contributed by atoms with Gasteiger partial charge >= 0.3 is 5.97 Å². The Morgan fingerprint density at radius 3 is 1.56 bits per heavy atom. The minimum Gasteiger partial charge on any atom is -0.438 e. The molecule has 0 N–H and O–H groups in total. The monoisotopic (exact) mass is 234 g/mol. The van der Waals surface area contributed by atoms with E-state index in [2.05, 4.69) is 4.74 Å². The van der Waals surface area contributed by atoms with Gasteiger partial charge in [-0.1, -0.05) is 0 Å². The van der Waals surface area contributed by atoms with Crippen molar-refractivity contribution in [3.63, 3.8) is 0 Å². The molecule has 0 amide bonds. The molecule has 0 aliphatic carbocycles. The SMILES string of the molecule is COC(C)(C)C.COCOC(=O)C(C)(C)C. The summed E-state index contributed by atoms with van der Waals surface area (Å²) in [7, 11) is 3.19. The zero-order valence-corrected chi connectivity index (χ0v) is 11.8. The summed E-state index contributed by atoms with van der Waals surface area (Å²) in [5, 5.41) is 0. The number of carbonyl (C=O) groups is 1. The van der Waals surface area contributed by atoms with Crippen molar-refractivity contribution < 1.29 is 19.0 Å². The van der Waals surface area contributed by atoms with Crippen molar-refractivity contribution in [3.05, 3.63) is 0 Å². The van der Waals surface area contributed by atoms with Gasteiger partial charge in [0.2, 0.25) is 0 Å². The lowest BCUT2D eigenvalue weighted by atomic mass is 9.98. The van der Waals surface area contributed by atoms with Crippen LogP contribution in [0.1, 0.15) is 41.5 Å². The Hall–Kier alpha value is -0.610. The number of carbonyl (C=O) groups excluding carboxylic acids is 1.